The van der Waals surface area contributed by atoms with Gasteiger partial charge in [0.15, 0.2) is 0 Å². The van der Waals surface area contributed by atoms with E-state index in [1.54, 1.807) is 6.07 Å². The third kappa shape index (κ3) is 3.07. The minimum atomic E-state index is -0.612. The van der Waals surface area contributed by atoms with Crippen molar-refractivity contribution in [3.05, 3.63) is 58.9 Å². The van der Waals surface area contributed by atoms with E-state index >= 15 is 0 Å². The minimum Gasteiger partial charge on any atom is -0.352 e. The van der Waals surface area contributed by atoms with Crippen LogP contribution in [0.4, 0.5) is 8.78 Å². The van der Waals surface area contributed by atoms with Crippen LogP contribution in [0.25, 0.3) is 16.7 Å². The summed E-state index contributed by atoms with van der Waals surface area (Å²) in [6.45, 7) is 4.35. The summed E-state index contributed by atoms with van der Waals surface area (Å²) in [6.07, 6.45) is 2.90. The van der Waals surface area contributed by atoms with Crippen LogP contribution in [0.1, 0.15) is 30.9 Å². The largest absolute Gasteiger partial charge is 0.352 e. The van der Waals surface area contributed by atoms with Gasteiger partial charge >= 0.3 is 0 Å². The smallest absolute Gasteiger partial charge is 0.247 e. The zero-order valence-corrected chi connectivity index (χ0v) is 13.6. The summed E-state index contributed by atoms with van der Waals surface area (Å²) in [5.41, 5.74) is 4.09. The molecule has 2 heterocycles. The highest BCUT2D eigenvalue weighted by Gasteiger charge is 2.20. The van der Waals surface area contributed by atoms with Crippen molar-refractivity contribution >= 4 is 11.5 Å². The van der Waals surface area contributed by atoms with Gasteiger partial charge in [-0.15, -0.1) is 0 Å². The average Bonchev–Trinajstić information content (AvgIpc) is 2.56. The van der Waals surface area contributed by atoms with E-state index in [0.29, 0.717) is 35.2 Å². The molecule has 0 atom stereocenters. The van der Waals surface area contributed by atoms with Gasteiger partial charge in [0.1, 0.15) is 5.82 Å². The Bertz CT molecular complexity index is 843. The predicted octanol–water partition coefficient (Wildman–Crippen LogP) is 4.02. The lowest BCUT2D eigenvalue weighted by atomic mass is 9.89. The first-order chi connectivity index (χ1) is 11.5. The summed E-state index contributed by atoms with van der Waals surface area (Å²) in [7, 11) is 0. The van der Waals surface area contributed by atoms with Crippen LogP contribution in [0.3, 0.4) is 0 Å². The number of nitrogens with one attached hydrogen (secondary N) is 1. The lowest BCUT2D eigenvalue weighted by molar-refractivity contribution is -0.118. The van der Waals surface area contributed by atoms with Crippen molar-refractivity contribution < 1.29 is 13.6 Å². The quantitative estimate of drug-likeness (QED) is 0.668. The number of pyridine rings is 1. The van der Waals surface area contributed by atoms with Gasteiger partial charge in [-0.05, 0) is 72.7 Å². The lowest BCUT2D eigenvalue weighted by Gasteiger charge is -2.20. The summed E-state index contributed by atoms with van der Waals surface area (Å²) in [5.74, 6) is -1.13. The van der Waals surface area contributed by atoms with Gasteiger partial charge in [0.25, 0.3) is 0 Å². The number of hydrogen-bond acceptors (Lipinski definition) is 2. The highest BCUT2D eigenvalue weighted by Crippen LogP contribution is 2.33. The van der Waals surface area contributed by atoms with Gasteiger partial charge in [-0.3, -0.25) is 4.79 Å². The molecule has 3 nitrogen and oxygen atoms in total. The fourth-order valence-corrected chi connectivity index (χ4v) is 3.15. The maximum absolute atomic E-state index is 14.2. The van der Waals surface area contributed by atoms with Crippen LogP contribution in [0, 0.1) is 18.7 Å². The summed E-state index contributed by atoms with van der Waals surface area (Å²) >= 11 is 0. The number of amides is 1. The van der Waals surface area contributed by atoms with Crippen molar-refractivity contribution in [2.75, 3.05) is 6.54 Å². The van der Waals surface area contributed by atoms with Gasteiger partial charge in [0, 0.05) is 24.4 Å². The van der Waals surface area contributed by atoms with Crippen LogP contribution in [0.5, 0.6) is 0 Å². The van der Waals surface area contributed by atoms with E-state index in [9.17, 15) is 13.6 Å². The third-order valence-corrected chi connectivity index (χ3v) is 4.43. The minimum absolute atomic E-state index is 0.0982. The van der Waals surface area contributed by atoms with E-state index in [4.69, 9.17) is 0 Å². The molecule has 1 aromatic carbocycles. The number of benzene rings is 1. The second-order valence-corrected chi connectivity index (χ2v) is 5.96. The van der Waals surface area contributed by atoms with Crippen molar-refractivity contribution in [2.24, 2.45) is 0 Å². The van der Waals surface area contributed by atoms with E-state index in [-0.39, 0.29) is 5.91 Å². The van der Waals surface area contributed by atoms with Crippen LogP contribution < -0.4 is 5.32 Å². The molecule has 24 heavy (non-hydrogen) atoms. The van der Waals surface area contributed by atoms with Crippen molar-refractivity contribution in [3.63, 3.8) is 0 Å². The van der Waals surface area contributed by atoms with E-state index < -0.39 is 11.8 Å². The molecule has 1 amide bonds. The Morgan fingerprint density at radius 1 is 1.25 bits per heavy atom. The molecule has 0 aliphatic carbocycles. The molecule has 5 heteroatoms. The summed E-state index contributed by atoms with van der Waals surface area (Å²) in [6, 6.07) is 5.73. The van der Waals surface area contributed by atoms with Crippen LogP contribution >= 0.6 is 0 Å². The molecule has 2 aromatic rings. The van der Waals surface area contributed by atoms with E-state index in [1.807, 2.05) is 13.8 Å². The molecule has 3 rings (SSSR count). The fraction of sp³-hybridized carbons (Fsp3) is 0.263. The summed E-state index contributed by atoms with van der Waals surface area (Å²) in [4.78, 5) is 15.6. The number of hydrogen-bond donors (Lipinski definition) is 1. The van der Waals surface area contributed by atoms with Gasteiger partial charge in [0.2, 0.25) is 11.9 Å². The zero-order chi connectivity index (χ0) is 17.3. The first kappa shape index (κ1) is 16.3. The molecule has 1 saturated heterocycles. The highest BCUT2D eigenvalue weighted by atomic mass is 19.1. The second-order valence-electron chi connectivity index (χ2n) is 5.96. The standard InChI is InChI=1S/C19H18F2N2O/c1-11(15-4-3-6-23-19(15)24)16-9-14(20)10-17(12(16)2)13-5-7-22-18(21)8-13/h5,7-10H,3-4,6H2,1-2H3,(H,23,24)/b15-11+. The molecule has 124 valence electrons. The Balaban J connectivity index is 2.16. The number of carbonyl (C=O) groups is 1. The van der Waals surface area contributed by atoms with E-state index in [1.165, 1.54) is 24.4 Å². The Hall–Kier alpha value is -2.56. The normalized spacial score (nSPS) is 16.8. The summed E-state index contributed by atoms with van der Waals surface area (Å²) < 4.78 is 27.6. The number of aromatic nitrogens is 1. The van der Waals surface area contributed by atoms with Gasteiger partial charge in [0.05, 0.1) is 0 Å². The predicted molar refractivity (Wildman–Crippen MR) is 89.2 cm³/mol. The van der Waals surface area contributed by atoms with Crippen molar-refractivity contribution in [1.82, 2.24) is 10.3 Å². The number of nitrogens with zero attached hydrogens (tertiary/aromatic N) is 1. The molecule has 1 N–H and O–H groups in total. The molecule has 1 aromatic heterocycles. The highest BCUT2D eigenvalue weighted by molar-refractivity contribution is 6.02. The van der Waals surface area contributed by atoms with Crippen molar-refractivity contribution in [1.29, 1.82) is 0 Å². The molecule has 1 fully saturated rings. The topological polar surface area (TPSA) is 42.0 Å². The van der Waals surface area contributed by atoms with Crippen LogP contribution in [0.2, 0.25) is 0 Å². The maximum Gasteiger partial charge on any atom is 0.247 e. The molecule has 0 spiro atoms. The third-order valence-electron chi connectivity index (χ3n) is 4.43. The number of piperidine rings is 1. The number of halogens is 2. The molecule has 0 radical (unpaired) electrons. The molecule has 0 unspecified atom stereocenters. The van der Waals surface area contributed by atoms with Crippen LogP contribution in [-0.4, -0.2) is 17.4 Å². The monoisotopic (exact) mass is 328 g/mol. The first-order valence-electron chi connectivity index (χ1n) is 7.88. The van der Waals surface area contributed by atoms with Gasteiger partial charge in [-0.25, -0.2) is 9.37 Å². The molecular formula is C19H18F2N2O. The Kier molecular flexibility index (Phi) is 4.42. The summed E-state index contributed by atoms with van der Waals surface area (Å²) in [5, 5.41) is 2.82. The molecule has 1 aliphatic heterocycles. The number of allylic oxidation sites excluding steroid dienone is 1. The van der Waals surface area contributed by atoms with E-state index in [0.717, 1.165) is 17.6 Å². The number of carbonyl (C=O) groups excluding carboxylic acids is 1. The Labute approximate surface area is 139 Å². The SMILES string of the molecule is C/C(=C1/CCCNC1=O)c1cc(F)cc(-c2ccnc(F)c2)c1C. The van der Waals surface area contributed by atoms with Gasteiger partial charge < -0.3 is 5.32 Å². The van der Waals surface area contributed by atoms with Crippen LogP contribution in [0.15, 0.2) is 36.0 Å². The maximum atomic E-state index is 14.2. The molecule has 0 saturated carbocycles. The number of rotatable bonds is 2. The Morgan fingerprint density at radius 3 is 2.75 bits per heavy atom. The first-order valence-corrected chi connectivity index (χ1v) is 7.88. The molecule has 0 bridgehead atoms. The van der Waals surface area contributed by atoms with Crippen molar-refractivity contribution in [3.8, 4) is 11.1 Å². The fourth-order valence-electron chi connectivity index (χ4n) is 3.15. The average molecular weight is 328 g/mol. The van der Waals surface area contributed by atoms with Gasteiger partial charge in [-0.1, -0.05) is 0 Å². The molecule has 1 aliphatic rings. The van der Waals surface area contributed by atoms with E-state index in [2.05, 4.69) is 10.3 Å². The second kappa shape index (κ2) is 6.51. The van der Waals surface area contributed by atoms with Gasteiger partial charge in [-0.2, -0.15) is 4.39 Å². The van der Waals surface area contributed by atoms with Crippen molar-refractivity contribution in [2.45, 2.75) is 26.7 Å². The Morgan fingerprint density at radius 2 is 2.04 bits per heavy atom. The van der Waals surface area contributed by atoms with Crippen LogP contribution in [-0.2, 0) is 4.79 Å². The lowest BCUT2D eigenvalue weighted by Crippen LogP contribution is -2.31. The zero-order valence-electron chi connectivity index (χ0n) is 13.6. The molecular weight excluding hydrogens is 310 g/mol.